The summed E-state index contributed by atoms with van der Waals surface area (Å²) in [6.45, 7) is 4.10. The predicted molar refractivity (Wildman–Crippen MR) is 141 cm³/mol. The summed E-state index contributed by atoms with van der Waals surface area (Å²) in [5.74, 6) is 0.688. The minimum Gasteiger partial charge on any atom is -0.493 e. The Morgan fingerprint density at radius 2 is 1.94 bits per heavy atom. The monoisotopic (exact) mass is 521 g/mol. The first kappa shape index (κ1) is 23.8. The number of fused-ring (bicyclic) bond motifs is 3. The summed E-state index contributed by atoms with van der Waals surface area (Å²) in [5.41, 5.74) is 4.91. The van der Waals surface area contributed by atoms with Crippen LogP contribution >= 0.6 is 22.9 Å². The van der Waals surface area contributed by atoms with E-state index in [1.165, 1.54) is 30.6 Å². The van der Waals surface area contributed by atoms with Gasteiger partial charge in [0.1, 0.15) is 6.61 Å². The Hall–Kier alpha value is -3.95. The molecule has 0 unspecified atom stereocenters. The Kier molecular flexibility index (Phi) is 6.11. The Morgan fingerprint density at radius 3 is 2.69 bits per heavy atom. The van der Waals surface area contributed by atoms with E-state index in [1.807, 2.05) is 26.0 Å². The molecule has 0 aliphatic heterocycles. The summed E-state index contributed by atoms with van der Waals surface area (Å²) in [4.78, 5) is 29.0. The van der Waals surface area contributed by atoms with Crippen molar-refractivity contribution in [2.45, 2.75) is 20.5 Å². The number of nitrogens with zero attached hydrogens (tertiary/aromatic N) is 3. The molecule has 0 fully saturated rings. The van der Waals surface area contributed by atoms with Crippen molar-refractivity contribution in [1.82, 2.24) is 9.38 Å². The van der Waals surface area contributed by atoms with Crippen LogP contribution in [0.5, 0.6) is 11.5 Å². The Balaban J connectivity index is 1.50. The normalized spacial score (nSPS) is 11.9. The highest BCUT2D eigenvalue weighted by atomic mass is 35.5. The molecule has 0 aliphatic carbocycles. The highest BCUT2D eigenvalue weighted by molar-refractivity contribution is 7.15. The summed E-state index contributed by atoms with van der Waals surface area (Å²) in [7, 11) is 1.49. The molecule has 3 aromatic carbocycles. The number of hydrogen-bond donors (Lipinski definition) is 0. The lowest BCUT2D eigenvalue weighted by Crippen LogP contribution is -2.22. The molecule has 0 saturated carbocycles. The van der Waals surface area contributed by atoms with E-state index in [4.69, 9.17) is 21.1 Å². The Bertz CT molecular complexity index is 1780. The van der Waals surface area contributed by atoms with Crippen LogP contribution in [-0.4, -0.2) is 21.4 Å². The number of imidazole rings is 1. The number of aromatic nitrogens is 2. The number of hydrogen-bond acceptors (Lipinski definition) is 7. The number of rotatable bonds is 6. The Morgan fingerprint density at radius 1 is 1.17 bits per heavy atom. The number of nitro groups is 1. The molecule has 0 N–H and O–H groups in total. The molecule has 8 nitrogen and oxygen atoms in total. The summed E-state index contributed by atoms with van der Waals surface area (Å²) >= 11 is 7.81. The van der Waals surface area contributed by atoms with Crippen molar-refractivity contribution in [2.75, 3.05) is 7.11 Å². The molecule has 10 heteroatoms. The second-order valence-electron chi connectivity index (χ2n) is 8.32. The lowest BCUT2D eigenvalue weighted by atomic mass is 10.1. The van der Waals surface area contributed by atoms with Crippen LogP contribution in [0.4, 0.5) is 5.69 Å². The molecule has 36 heavy (non-hydrogen) atoms. The number of thiazole rings is 1. The quantitative estimate of drug-likeness (QED) is 0.224. The number of halogens is 1. The SMILES string of the molecule is COc1cc(/C=c2\sc3nc4cc(C)c(C)cc4n3c2=O)cc(Cl)c1OCc1cccc([N+](=O)[O-])c1. The first-order valence-corrected chi connectivity index (χ1v) is 12.1. The van der Waals surface area contributed by atoms with E-state index in [0.717, 1.165) is 22.2 Å². The van der Waals surface area contributed by atoms with Crippen molar-refractivity contribution in [1.29, 1.82) is 0 Å². The summed E-state index contributed by atoms with van der Waals surface area (Å²) in [6, 6.07) is 13.6. The largest absolute Gasteiger partial charge is 0.493 e. The number of methoxy groups -OCH3 is 1. The zero-order valence-electron chi connectivity index (χ0n) is 19.6. The topological polar surface area (TPSA) is 96.0 Å². The molecule has 2 aromatic heterocycles. The van der Waals surface area contributed by atoms with Crippen LogP contribution in [0.15, 0.2) is 53.3 Å². The molecule has 0 spiro atoms. The van der Waals surface area contributed by atoms with Gasteiger partial charge >= 0.3 is 0 Å². The highest BCUT2D eigenvalue weighted by Gasteiger charge is 2.15. The third kappa shape index (κ3) is 4.27. The van der Waals surface area contributed by atoms with Gasteiger partial charge in [-0.2, -0.15) is 0 Å². The Labute approximate surface area is 214 Å². The van der Waals surface area contributed by atoms with E-state index in [2.05, 4.69) is 4.98 Å². The number of ether oxygens (including phenoxy) is 2. The first-order chi connectivity index (χ1) is 17.2. The number of aryl methyl sites for hydroxylation is 2. The van der Waals surface area contributed by atoms with Gasteiger partial charge in [0.15, 0.2) is 16.5 Å². The fourth-order valence-electron chi connectivity index (χ4n) is 3.95. The summed E-state index contributed by atoms with van der Waals surface area (Å²) < 4.78 is 13.5. The average Bonchev–Trinajstić information content (AvgIpc) is 3.33. The van der Waals surface area contributed by atoms with Gasteiger partial charge in [-0.15, -0.1) is 0 Å². The molecule has 0 bridgehead atoms. The molecule has 0 saturated heterocycles. The van der Waals surface area contributed by atoms with Gasteiger partial charge in [0, 0.05) is 12.1 Å². The van der Waals surface area contributed by atoms with Crippen LogP contribution < -0.4 is 19.6 Å². The molecular formula is C26H20ClN3O5S. The third-order valence-corrected chi connectivity index (χ3v) is 7.16. The van der Waals surface area contributed by atoms with Crippen LogP contribution in [0, 0.1) is 24.0 Å². The summed E-state index contributed by atoms with van der Waals surface area (Å²) in [6.07, 6.45) is 1.74. The van der Waals surface area contributed by atoms with Crippen molar-refractivity contribution in [2.24, 2.45) is 0 Å². The van der Waals surface area contributed by atoms with Crippen LogP contribution in [0.2, 0.25) is 5.02 Å². The maximum atomic E-state index is 13.2. The molecule has 5 aromatic rings. The first-order valence-electron chi connectivity index (χ1n) is 10.9. The van der Waals surface area contributed by atoms with Crippen molar-refractivity contribution in [3.63, 3.8) is 0 Å². The molecule has 2 heterocycles. The van der Waals surface area contributed by atoms with Crippen molar-refractivity contribution in [3.8, 4) is 11.5 Å². The van der Waals surface area contributed by atoms with Crippen molar-refractivity contribution in [3.05, 3.63) is 101 Å². The van der Waals surface area contributed by atoms with Crippen molar-refractivity contribution < 1.29 is 14.4 Å². The number of benzene rings is 3. The van der Waals surface area contributed by atoms with E-state index >= 15 is 0 Å². The van der Waals surface area contributed by atoms with Crippen LogP contribution in [-0.2, 0) is 6.61 Å². The predicted octanol–water partition coefficient (Wildman–Crippen LogP) is 5.22. The van der Waals surface area contributed by atoms with Crippen LogP contribution in [0.25, 0.3) is 22.1 Å². The van der Waals surface area contributed by atoms with Gasteiger partial charge in [0.05, 0.1) is 32.6 Å². The lowest BCUT2D eigenvalue weighted by Gasteiger charge is -2.13. The van der Waals surface area contributed by atoms with Gasteiger partial charge in [-0.1, -0.05) is 35.1 Å². The molecule has 0 atom stereocenters. The fraction of sp³-hybridized carbons (Fsp3) is 0.154. The minimum absolute atomic E-state index is 0.0205. The smallest absolute Gasteiger partial charge is 0.274 e. The third-order valence-electron chi connectivity index (χ3n) is 5.91. The second kappa shape index (κ2) is 9.25. The van der Waals surface area contributed by atoms with Crippen molar-refractivity contribution >= 4 is 50.7 Å². The van der Waals surface area contributed by atoms with Gasteiger partial charge in [0.25, 0.3) is 11.2 Å². The molecule has 0 amide bonds. The molecule has 0 radical (unpaired) electrons. The highest BCUT2D eigenvalue weighted by Crippen LogP contribution is 2.37. The van der Waals surface area contributed by atoms with Gasteiger partial charge < -0.3 is 9.47 Å². The minimum atomic E-state index is -0.460. The molecule has 0 aliphatic rings. The van der Waals surface area contributed by atoms with E-state index in [9.17, 15) is 14.9 Å². The second-order valence-corrected chi connectivity index (χ2v) is 9.74. The number of nitro benzene ring substituents is 1. The van der Waals surface area contributed by atoms with E-state index < -0.39 is 4.92 Å². The van der Waals surface area contributed by atoms with Gasteiger partial charge in [-0.3, -0.25) is 14.9 Å². The zero-order valence-corrected chi connectivity index (χ0v) is 21.1. The lowest BCUT2D eigenvalue weighted by molar-refractivity contribution is -0.384. The van der Waals surface area contributed by atoms with E-state index in [-0.39, 0.29) is 22.9 Å². The maximum absolute atomic E-state index is 13.2. The van der Waals surface area contributed by atoms with E-state index in [0.29, 0.717) is 32.1 Å². The van der Waals surface area contributed by atoms with Crippen LogP contribution in [0.1, 0.15) is 22.3 Å². The standard InChI is InChI=1S/C26H20ClN3O5S/c1-14-7-20-21(8-15(14)2)29-25(31)23(36-26(29)28-20)12-17-10-19(27)24(22(11-17)34-3)35-13-16-5-4-6-18(9-16)30(32)33/h4-12H,13H2,1-3H3/b23-12-. The fourth-order valence-corrected chi connectivity index (χ4v) is 5.21. The van der Waals surface area contributed by atoms with E-state index in [1.54, 1.807) is 34.7 Å². The van der Waals surface area contributed by atoms with Gasteiger partial charge in [-0.25, -0.2) is 9.38 Å². The van der Waals surface area contributed by atoms with Crippen LogP contribution in [0.3, 0.4) is 0 Å². The number of non-ortho nitro benzene ring substituents is 1. The molecular weight excluding hydrogens is 502 g/mol. The van der Waals surface area contributed by atoms with Gasteiger partial charge in [-0.05, 0) is 66.4 Å². The van der Waals surface area contributed by atoms with Gasteiger partial charge in [0.2, 0.25) is 0 Å². The summed E-state index contributed by atoms with van der Waals surface area (Å²) in [5, 5.41) is 11.3. The molecule has 182 valence electrons. The average molecular weight is 522 g/mol. The zero-order chi connectivity index (χ0) is 25.6. The molecule has 5 rings (SSSR count). The maximum Gasteiger partial charge on any atom is 0.274 e.